The van der Waals surface area contributed by atoms with E-state index in [9.17, 15) is 14.4 Å². The Morgan fingerprint density at radius 3 is 2.29 bits per heavy atom. The lowest BCUT2D eigenvalue weighted by Crippen LogP contribution is -2.53. The van der Waals surface area contributed by atoms with Crippen molar-refractivity contribution in [1.82, 2.24) is 10.6 Å². The minimum absolute atomic E-state index is 0.0368. The molecular formula is C10H19N3O4. The van der Waals surface area contributed by atoms with E-state index in [1.807, 2.05) is 0 Å². The van der Waals surface area contributed by atoms with Gasteiger partial charge >= 0.3 is 12.0 Å². The van der Waals surface area contributed by atoms with Gasteiger partial charge in [0.1, 0.15) is 6.04 Å². The van der Waals surface area contributed by atoms with Crippen LogP contribution in [-0.4, -0.2) is 34.6 Å². The highest BCUT2D eigenvalue weighted by molar-refractivity contribution is 5.86. The second kappa shape index (κ2) is 6.07. The third-order valence-electron chi connectivity index (χ3n) is 2.18. The van der Waals surface area contributed by atoms with Crippen LogP contribution >= 0.6 is 0 Å². The molecule has 0 radical (unpaired) electrons. The maximum atomic E-state index is 11.6. The lowest BCUT2D eigenvalue weighted by atomic mass is 9.98. The molecule has 0 aliphatic carbocycles. The van der Waals surface area contributed by atoms with Crippen molar-refractivity contribution in [2.45, 2.75) is 45.2 Å². The summed E-state index contributed by atoms with van der Waals surface area (Å²) in [5.74, 6) is -1.32. The molecule has 0 aromatic carbocycles. The van der Waals surface area contributed by atoms with E-state index in [0.29, 0.717) is 6.42 Å². The summed E-state index contributed by atoms with van der Waals surface area (Å²) < 4.78 is 0. The molecule has 17 heavy (non-hydrogen) atoms. The number of urea groups is 1. The monoisotopic (exact) mass is 245 g/mol. The predicted octanol–water partition coefficient (Wildman–Crippen LogP) is -0.197. The van der Waals surface area contributed by atoms with Gasteiger partial charge in [0.15, 0.2) is 0 Å². The Kier molecular flexibility index (Phi) is 5.43. The Balaban J connectivity index is 4.25. The maximum Gasteiger partial charge on any atom is 0.312 e. The van der Waals surface area contributed by atoms with Crippen LogP contribution in [0.5, 0.6) is 0 Å². The molecule has 3 amide bonds. The summed E-state index contributed by atoms with van der Waals surface area (Å²) in [4.78, 5) is 32.6. The zero-order valence-corrected chi connectivity index (χ0v) is 10.2. The second-order valence-electron chi connectivity index (χ2n) is 4.50. The molecule has 5 N–H and O–H groups in total. The molecule has 0 rings (SSSR count). The van der Waals surface area contributed by atoms with Crippen LogP contribution in [0, 0.1) is 0 Å². The quantitative estimate of drug-likeness (QED) is 0.517. The van der Waals surface area contributed by atoms with Crippen LogP contribution in [0.25, 0.3) is 0 Å². The molecule has 0 saturated carbocycles. The fourth-order valence-electron chi connectivity index (χ4n) is 1.20. The Morgan fingerprint density at radius 2 is 1.88 bits per heavy atom. The normalized spacial score (nSPS) is 12.6. The summed E-state index contributed by atoms with van der Waals surface area (Å²) in [5.41, 5.74) is 4.24. The number of nitrogens with two attached hydrogens (primary N) is 1. The number of carboxylic acid groups (broad SMARTS) is 1. The molecule has 1 atom stereocenters. The van der Waals surface area contributed by atoms with E-state index in [4.69, 9.17) is 10.8 Å². The molecule has 0 bridgehead atoms. The number of nitrogens with one attached hydrogen (secondary N) is 2. The molecular weight excluding hydrogens is 226 g/mol. The van der Waals surface area contributed by atoms with Gasteiger partial charge in [-0.05, 0) is 27.2 Å². The number of carbonyl (C=O) groups excluding carboxylic acids is 2. The van der Waals surface area contributed by atoms with Crippen LogP contribution in [0.1, 0.15) is 33.6 Å². The third kappa shape index (κ3) is 7.15. The molecule has 0 fully saturated rings. The van der Waals surface area contributed by atoms with Crippen molar-refractivity contribution in [1.29, 1.82) is 0 Å². The Morgan fingerprint density at radius 1 is 1.35 bits per heavy atom. The van der Waals surface area contributed by atoms with Gasteiger partial charge in [-0.15, -0.1) is 0 Å². The summed E-state index contributed by atoms with van der Waals surface area (Å²) >= 11 is 0. The topological polar surface area (TPSA) is 122 Å². The standard InChI is InChI=1S/C10H19N3O4/c1-6(12-9(11)17)8(16)13-10(2,3)5-4-7(14)15/h6H,4-5H2,1-3H3,(H,13,16)(H,14,15)(H3,11,12,17). The Bertz CT molecular complexity index is 315. The third-order valence-corrected chi connectivity index (χ3v) is 2.18. The van der Waals surface area contributed by atoms with Crippen molar-refractivity contribution in [3.05, 3.63) is 0 Å². The minimum atomic E-state index is -0.921. The number of carboxylic acids is 1. The Labute approximate surface area is 99.7 Å². The average Bonchev–Trinajstić information content (AvgIpc) is 2.13. The van der Waals surface area contributed by atoms with Gasteiger partial charge < -0.3 is 21.5 Å². The van der Waals surface area contributed by atoms with E-state index in [1.54, 1.807) is 13.8 Å². The molecule has 0 aliphatic heterocycles. The van der Waals surface area contributed by atoms with Gasteiger partial charge in [0, 0.05) is 12.0 Å². The fraction of sp³-hybridized carbons (Fsp3) is 0.700. The van der Waals surface area contributed by atoms with Crippen LogP contribution in [0.15, 0.2) is 0 Å². The first-order valence-electron chi connectivity index (χ1n) is 5.24. The second-order valence-corrected chi connectivity index (χ2v) is 4.50. The molecule has 7 heteroatoms. The highest BCUT2D eigenvalue weighted by Crippen LogP contribution is 2.11. The van der Waals surface area contributed by atoms with Gasteiger partial charge in [-0.2, -0.15) is 0 Å². The molecule has 98 valence electrons. The van der Waals surface area contributed by atoms with Gasteiger partial charge in [0.25, 0.3) is 0 Å². The summed E-state index contributed by atoms with van der Waals surface area (Å²) in [5, 5.41) is 13.4. The first-order chi connectivity index (χ1) is 7.64. The molecule has 0 heterocycles. The predicted molar refractivity (Wildman–Crippen MR) is 61.3 cm³/mol. The van der Waals surface area contributed by atoms with Crippen molar-refractivity contribution in [3.8, 4) is 0 Å². The van der Waals surface area contributed by atoms with E-state index in [2.05, 4.69) is 10.6 Å². The van der Waals surface area contributed by atoms with E-state index < -0.39 is 29.5 Å². The number of hydrogen-bond donors (Lipinski definition) is 4. The number of carbonyl (C=O) groups is 3. The van der Waals surface area contributed by atoms with Gasteiger partial charge in [-0.25, -0.2) is 4.79 Å². The van der Waals surface area contributed by atoms with E-state index >= 15 is 0 Å². The van der Waals surface area contributed by atoms with Crippen molar-refractivity contribution >= 4 is 17.9 Å². The highest BCUT2D eigenvalue weighted by Gasteiger charge is 2.24. The summed E-state index contributed by atoms with van der Waals surface area (Å²) in [6.07, 6.45) is 0.266. The van der Waals surface area contributed by atoms with Crippen molar-refractivity contribution in [2.75, 3.05) is 0 Å². The first-order valence-corrected chi connectivity index (χ1v) is 5.24. The first kappa shape index (κ1) is 15.2. The summed E-state index contributed by atoms with van der Waals surface area (Å²) in [7, 11) is 0. The van der Waals surface area contributed by atoms with Crippen LogP contribution in [-0.2, 0) is 9.59 Å². The number of primary amides is 1. The molecule has 7 nitrogen and oxygen atoms in total. The van der Waals surface area contributed by atoms with Gasteiger partial charge in [0.2, 0.25) is 5.91 Å². The van der Waals surface area contributed by atoms with Crippen LogP contribution < -0.4 is 16.4 Å². The smallest absolute Gasteiger partial charge is 0.312 e. The molecule has 0 saturated heterocycles. The van der Waals surface area contributed by atoms with E-state index in [0.717, 1.165) is 0 Å². The minimum Gasteiger partial charge on any atom is -0.481 e. The van der Waals surface area contributed by atoms with Gasteiger partial charge in [0.05, 0.1) is 0 Å². The number of rotatable bonds is 6. The zero-order chi connectivity index (χ0) is 13.6. The van der Waals surface area contributed by atoms with Crippen LogP contribution in [0.2, 0.25) is 0 Å². The molecule has 1 unspecified atom stereocenters. The summed E-state index contributed by atoms with van der Waals surface area (Å²) in [6, 6.07) is -1.53. The highest BCUT2D eigenvalue weighted by atomic mass is 16.4. The van der Waals surface area contributed by atoms with Crippen molar-refractivity contribution < 1.29 is 19.5 Å². The van der Waals surface area contributed by atoms with Crippen LogP contribution in [0.4, 0.5) is 4.79 Å². The number of amides is 3. The zero-order valence-electron chi connectivity index (χ0n) is 10.2. The largest absolute Gasteiger partial charge is 0.481 e. The molecule has 0 aromatic rings. The van der Waals surface area contributed by atoms with Crippen LogP contribution in [0.3, 0.4) is 0 Å². The van der Waals surface area contributed by atoms with E-state index in [-0.39, 0.29) is 6.42 Å². The van der Waals surface area contributed by atoms with Crippen molar-refractivity contribution in [2.24, 2.45) is 5.73 Å². The summed E-state index contributed by atoms with van der Waals surface area (Å²) in [6.45, 7) is 4.92. The average molecular weight is 245 g/mol. The molecule has 0 aliphatic rings. The molecule has 0 spiro atoms. The van der Waals surface area contributed by atoms with Crippen molar-refractivity contribution in [3.63, 3.8) is 0 Å². The lowest BCUT2D eigenvalue weighted by molar-refractivity contribution is -0.137. The van der Waals surface area contributed by atoms with Gasteiger partial charge in [-0.3, -0.25) is 9.59 Å². The number of aliphatic carboxylic acids is 1. The molecule has 0 aromatic heterocycles. The Hall–Kier alpha value is -1.79. The SMILES string of the molecule is CC(NC(N)=O)C(=O)NC(C)(C)CCC(=O)O. The maximum absolute atomic E-state index is 11.6. The number of hydrogen-bond acceptors (Lipinski definition) is 3. The lowest BCUT2D eigenvalue weighted by Gasteiger charge is -2.27. The van der Waals surface area contributed by atoms with E-state index in [1.165, 1.54) is 6.92 Å². The van der Waals surface area contributed by atoms with Gasteiger partial charge in [-0.1, -0.05) is 0 Å². The fourth-order valence-corrected chi connectivity index (χ4v) is 1.20.